The highest BCUT2D eigenvalue weighted by atomic mass is 32.2. The van der Waals surface area contributed by atoms with Crippen LogP contribution < -0.4 is 5.73 Å². The third kappa shape index (κ3) is 1.99. The van der Waals surface area contributed by atoms with Crippen LogP contribution in [0.25, 0.3) is 0 Å². The summed E-state index contributed by atoms with van der Waals surface area (Å²) >= 11 is 0. The fourth-order valence-electron chi connectivity index (χ4n) is 2.09. The molecule has 1 aliphatic rings. The van der Waals surface area contributed by atoms with Crippen molar-refractivity contribution in [1.82, 2.24) is 5.16 Å². The number of hydrogen-bond donors (Lipinski definition) is 1. The van der Waals surface area contributed by atoms with Crippen molar-refractivity contribution < 1.29 is 12.9 Å². The SMILES string of the molecule is CC1(c2cc(N)on2)CCCS(=O)(=O)C1. The van der Waals surface area contributed by atoms with Gasteiger partial charge < -0.3 is 10.3 Å². The van der Waals surface area contributed by atoms with Gasteiger partial charge in [-0.15, -0.1) is 0 Å². The molecule has 0 saturated carbocycles. The molecule has 1 saturated heterocycles. The van der Waals surface area contributed by atoms with Gasteiger partial charge in [-0.1, -0.05) is 12.1 Å². The molecular weight excluding hydrogens is 216 g/mol. The molecule has 5 nitrogen and oxygen atoms in total. The van der Waals surface area contributed by atoms with Crippen molar-refractivity contribution in [2.45, 2.75) is 25.2 Å². The molecule has 2 rings (SSSR count). The number of nitrogen functional groups attached to an aromatic ring is 1. The Labute approximate surface area is 88.5 Å². The van der Waals surface area contributed by atoms with E-state index in [-0.39, 0.29) is 17.4 Å². The summed E-state index contributed by atoms with van der Waals surface area (Å²) in [7, 11) is -2.95. The van der Waals surface area contributed by atoms with Crippen molar-refractivity contribution in [1.29, 1.82) is 0 Å². The number of rotatable bonds is 1. The molecule has 1 unspecified atom stereocenters. The molecule has 15 heavy (non-hydrogen) atoms. The number of sulfone groups is 1. The van der Waals surface area contributed by atoms with Gasteiger partial charge in [-0.3, -0.25) is 0 Å². The number of anilines is 1. The van der Waals surface area contributed by atoms with E-state index in [1.54, 1.807) is 6.07 Å². The van der Waals surface area contributed by atoms with Gasteiger partial charge >= 0.3 is 0 Å². The first-order valence-corrected chi connectivity index (χ1v) is 6.67. The van der Waals surface area contributed by atoms with Gasteiger partial charge in [0.1, 0.15) is 0 Å². The monoisotopic (exact) mass is 230 g/mol. The van der Waals surface area contributed by atoms with E-state index in [9.17, 15) is 8.42 Å². The molecule has 2 N–H and O–H groups in total. The molecule has 0 radical (unpaired) electrons. The van der Waals surface area contributed by atoms with Crippen LogP contribution in [0.1, 0.15) is 25.5 Å². The van der Waals surface area contributed by atoms with E-state index in [1.165, 1.54) is 0 Å². The Bertz CT molecular complexity index is 465. The van der Waals surface area contributed by atoms with Crippen LogP contribution in [-0.4, -0.2) is 25.1 Å². The fourth-order valence-corrected chi connectivity index (χ4v) is 4.08. The van der Waals surface area contributed by atoms with Gasteiger partial charge in [0.25, 0.3) is 0 Å². The minimum atomic E-state index is -2.95. The Morgan fingerprint density at radius 3 is 2.87 bits per heavy atom. The third-order valence-corrected chi connectivity index (χ3v) is 4.86. The molecule has 1 aliphatic heterocycles. The maximum absolute atomic E-state index is 11.6. The predicted molar refractivity (Wildman–Crippen MR) is 56.2 cm³/mol. The van der Waals surface area contributed by atoms with Crippen LogP contribution in [-0.2, 0) is 15.3 Å². The first-order chi connectivity index (χ1) is 6.91. The van der Waals surface area contributed by atoms with Crippen molar-refractivity contribution in [3.63, 3.8) is 0 Å². The molecule has 1 atom stereocenters. The van der Waals surface area contributed by atoms with Crippen LogP contribution >= 0.6 is 0 Å². The Kier molecular flexibility index (Phi) is 2.26. The Hall–Kier alpha value is -1.04. The van der Waals surface area contributed by atoms with Crippen LogP contribution in [0.4, 0.5) is 5.88 Å². The molecule has 0 bridgehead atoms. The maximum Gasteiger partial charge on any atom is 0.222 e. The van der Waals surface area contributed by atoms with Crippen LogP contribution in [0, 0.1) is 0 Å². The molecule has 0 aromatic carbocycles. The number of aromatic nitrogens is 1. The summed E-state index contributed by atoms with van der Waals surface area (Å²) in [5, 5.41) is 3.81. The van der Waals surface area contributed by atoms with Gasteiger partial charge in [0.15, 0.2) is 9.84 Å². The lowest BCUT2D eigenvalue weighted by atomic mass is 9.84. The summed E-state index contributed by atoms with van der Waals surface area (Å²) in [6, 6.07) is 1.61. The largest absolute Gasteiger partial charge is 0.368 e. The molecule has 6 heteroatoms. The summed E-state index contributed by atoms with van der Waals surface area (Å²) in [4.78, 5) is 0. The number of hydrogen-bond acceptors (Lipinski definition) is 5. The quantitative estimate of drug-likeness (QED) is 0.768. The third-order valence-electron chi connectivity index (χ3n) is 2.87. The zero-order valence-corrected chi connectivity index (χ0v) is 9.38. The number of nitrogens with zero attached hydrogens (tertiary/aromatic N) is 1. The van der Waals surface area contributed by atoms with Gasteiger partial charge in [-0.2, -0.15) is 0 Å². The highest BCUT2D eigenvalue weighted by Crippen LogP contribution is 2.34. The Balaban J connectivity index is 2.34. The maximum atomic E-state index is 11.6. The highest BCUT2D eigenvalue weighted by Gasteiger charge is 2.38. The van der Waals surface area contributed by atoms with Crippen LogP contribution in [0.3, 0.4) is 0 Å². The number of nitrogens with two attached hydrogens (primary N) is 1. The predicted octanol–water partition coefficient (Wildman–Crippen LogP) is 0.723. The van der Waals surface area contributed by atoms with Crippen molar-refractivity contribution in [2.75, 3.05) is 17.2 Å². The van der Waals surface area contributed by atoms with Crippen LogP contribution in [0.15, 0.2) is 10.6 Å². The van der Waals surface area contributed by atoms with E-state index in [0.29, 0.717) is 12.1 Å². The average Bonchev–Trinajstić information content (AvgIpc) is 2.49. The van der Waals surface area contributed by atoms with Crippen molar-refractivity contribution in [3.8, 4) is 0 Å². The standard InChI is InChI=1S/C9H14N2O3S/c1-9(7-5-8(10)14-11-7)3-2-4-15(12,13)6-9/h5H,2-4,6,10H2,1H3. The summed E-state index contributed by atoms with van der Waals surface area (Å²) in [6.07, 6.45) is 1.48. The molecule has 2 heterocycles. The van der Waals surface area contributed by atoms with E-state index in [2.05, 4.69) is 5.16 Å². The normalized spacial score (nSPS) is 30.2. The summed E-state index contributed by atoms with van der Waals surface area (Å²) < 4.78 is 27.9. The van der Waals surface area contributed by atoms with Gasteiger partial charge in [-0.05, 0) is 12.8 Å². The molecular formula is C9H14N2O3S. The zero-order valence-electron chi connectivity index (χ0n) is 8.56. The van der Waals surface area contributed by atoms with Crippen molar-refractivity contribution >= 4 is 15.7 Å². The van der Waals surface area contributed by atoms with E-state index in [1.807, 2.05) is 6.92 Å². The second kappa shape index (κ2) is 3.23. The summed E-state index contributed by atoms with van der Waals surface area (Å²) in [5.41, 5.74) is 5.63. The molecule has 1 fully saturated rings. The lowest BCUT2D eigenvalue weighted by Crippen LogP contribution is -2.37. The van der Waals surface area contributed by atoms with Gasteiger partial charge in [0.05, 0.1) is 17.2 Å². The molecule has 1 aromatic rings. The zero-order chi connectivity index (χ0) is 11.1. The average molecular weight is 230 g/mol. The molecule has 1 aromatic heterocycles. The Morgan fingerprint density at radius 2 is 2.33 bits per heavy atom. The van der Waals surface area contributed by atoms with Crippen molar-refractivity contribution in [2.24, 2.45) is 0 Å². The summed E-state index contributed by atoms with van der Waals surface area (Å²) in [5.74, 6) is 0.635. The van der Waals surface area contributed by atoms with Crippen LogP contribution in [0.5, 0.6) is 0 Å². The minimum absolute atomic E-state index is 0.131. The fraction of sp³-hybridized carbons (Fsp3) is 0.667. The summed E-state index contributed by atoms with van der Waals surface area (Å²) in [6.45, 7) is 1.89. The second-order valence-electron chi connectivity index (χ2n) is 4.37. The van der Waals surface area contributed by atoms with Gasteiger partial charge in [0, 0.05) is 11.5 Å². The van der Waals surface area contributed by atoms with E-state index >= 15 is 0 Å². The Morgan fingerprint density at radius 1 is 1.60 bits per heavy atom. The smallest absolute Gasteiger partial charge is 0.222 e. The molecule has 0 spiro atoms. The highest BCUT2D eigenvalue weighted by molar-refractivity contribution is 7.91. The lowest BCUT2D eigenvalue weighted by Gasteiger charge is -2.30. The molecule has 0 amide bonds. The first kappa shape index (κ1) is 10.5. The van der Waals surface area contributed by atoms with Gasteiger partial charge in [-0.25, -0.2) is 8.42 Å². The van der Waals surface area contributed by atoms with Crippen molar-refractivity contribution in [3.05, 3.63) is 11.8 Å². The molecule has 0 aliphatic carbocycles. The first-order valence-electron chi connectivity index (χ1n) is 4.84. The van der Waals surface area contributed by atoms with E-state index < -0.39 is 15.3 Å². The minimum Gasteiger partial charge on any atom is -0.368 e. The van der Waals surface area contributed by atoms with Crippen LogP contribution in [0.2, 0.25) is 0 Å². The topological polar surface area (TPSA) is 86.2 Å². The van der Waals surface area contributed by atoms with E-state index in [4.69, 9.17) is 10.3 Å². The van der Waals surface area contributed by atoms with Gasteiger partial charge in [0.2, 0.25) is 5.88 Å². The second-order valence-corrected chi connectivity index (χ2v) is 6.55. The van der Waals surface area contributed by atoms with E-state index in [0.717, 1.165) is 6.42 Å². The molecule has 84 valence electrons. The lowest BCUT2D eigenvalue weighted by molar-refractivity contribution is 0.376.